The van der Waals surface area contributed by atoms with Crippen molar-refractivity contribution >= 4 is 28.5 Å². The van der Waals surface area contributed by atoms with Gasteiger partial charge in [-0.2, -0.15) is 0 Å². The minimum absolute atomic E-state index is 0.0176. The fraction of sp³-hybridized carbons (Fsp3) is 0.364. The van der Waals surface area contributed by atoms with E-state index in [4.69, 9.17) is 0 Å². The average molecular weight is 303 g/mol. The predicted octanol–water partition coefficient (Wildman–Crippen LogP) is 2.82. The highest BCUT2D eigenvalue weighted by Crippen LogP contribution is 2.09. The van der Waals surface area contributed by atoms with Crippen molar-refractivity contribution in [2.45, 2.75) is 26.3 Å². The summed E-state index contributed by atoms with van der Waals surface area (Å²) < 4.78 is 1.07. The minimum atomic E-state index is -0.182. The Balaban J connectivity index is 2.80. The van der Waals surface area contributed by atoms with Crippen molar-refractivity contribution in [2.75, 3.05) is 0 Å². The third-order valence-corrected chi connectivity index (χ3v) is 2.25. The fourth-order valence-electron chi connectivity index (χ4n) is 1.04. The molecule has 0 saturated heterocycles. The monoisotopic (exact) mass is 303 g/mol. The number of benzene rings is 1. The third-order valence-electron chi connectivity index (χ3n) is 1.58. The first-order valence-corrected chi connectivity index (χ1v) is 5.54. The van der Waals surface area contributed by atoms with E-state index in [9.17, 15) is 4.79 Å². The average Bonchev–Trinajstić information content (AvgIpc) is 2.01. The highest BCUT2D eigenvalue weighted by molar-refractivity contribution is 14.1. The van der Waals surface area contributed by atoms with Crippen molar-refractivity contribution in [2.24, 2.45) is 0 Å². The van der Waals surface area contributed by atoms with E-state index in [0.717, 1.165) is 3.57 Å². The molecule has 3 heteroatoms. The van der Waals surface area contributed by atoms with Crippen LogP contribution < -0.4 is 5.32 Å². The Morgan fingerprint density at radius 1 is 1.36 bits per heavy atom. The van der Waals surface area contributed by atoms with Gasteiger partial charge in [-0.05, 0) is 61.6 Å². The molecule has 1 N–H and O–H groups in total. The lowest BCUT2D eigenvalue weighted by atomic mass is 10.1. The molecule has 0 bridgehead atoms. The molecule has 0 heterocycles. The van der Waals surface area contributed by atoms with Gasteiger partial charge in [-0.3, -0.25) is 4.79 Å². The maximum Gasteiger partial charge on any atom is 0.251 e. The first-order valence-electron chi connectivity index (χ1n) is 4.46. The predicted molar refractivity (Wildman–Crippen MR) is 66.4 cm³/mol. The summed E-state index contributed by atoms with van der Waals surface area (Å²) in [5, 5.41) is 2.92. The van der Waals surface area contributed by atoms with Crippen molar-refractivity contribution in [3.8, 4) is 0 Å². The molecule has 0 unspecified atom stereocenters. The van der Waals surface area contributed by atoms with Crippen LogP contribution in [0.1, 0.15) is 31.1 Å². The van der Waals surface area contributed by atoms with E-state index in [1.807, 2.05) is 45.0 Å². The maximum absolute atomic E-state index is 11.7. The van der Waals surface area contributed by atoms with Crippen LogP contribution in [0.3, 0.4) is 0 Å². The summed E-state index contributed by atoms with van der Waals surface area (Å²) in [5.41, 5.74) is 0.532. The Morgan fingerprint density at radius 3 is 2.50 bits per heavy atom. The normalized spacial score (nSPS) is 11.1. The summed E-state index contributed by atoms with van der Waals surface area (Å²) in [6.45, 7) is 5.91. The third kappa shape index (κ3) is 3.65. The van der Waals surface area contributed by atoms with E-state index >= 15 is 0 Å². The first kappa shape index (κ1) is 11.5. The van der Waals surface area contributed by atoms with Crippen molar-refractivity contribution < 1.29 is 4.79 Å². The van der Waals surface area contributed by atoms with Crippen LogP contribution in [0.2, 0.25) is 0 Å². The lowest BCUT2D eigenvalue weighted by Crippen LogP contribution is -2.40. The van der Waals surface area contributed by atoms with Crippen LogP contribution in [0.15, 0.2) is 24.3 Å². The number of hydrogen-bond donors (Lipinski definition) is 1. The van der Waals surface area contributed by atoms with Crippen LogP contribution in [-0.4, -0.2) is 11.4 Å². The number of carbonyl (C=O) groups excluding carboxylic acids is 1. The number of amides is 1. The summed E-state index contributed by atoms with van der Waals surface area (Å²) in [6.07, 6.45) is 0. The molecule has 0 aliphatic carbocycles. The fourth-order valence-corrected chi connectivity index (χ4v) is 1.59. The second-order valence-electron chi connectivity index (χ2n) is 4.21. The standard InChI is InChI=1S/C11H14INO/c1-11(2,3)13-10(14)8-5-4-6-9(12)7-8/h4-7H,1-3H3,(H,13,14). The van der Waals surface area contributed by atoms with Gasteiger partial charge in [-0.15, -0.1) is 0 Å². The quantitative estimate of drug-likeness (QED) is 0.794. The van der Waals surface area contributed by atoms with Gasteiger partial charge in [0.1, 0.15) is 0 Å². The van der Waals surface area contributed by atoms with Crippen LogP contribution in [-0.2, 0) is 0 Å². The van der Waals surface area contributed by atoms with Gasteiger partial charge in [0.2, 0.25) is 0 Å². The first-order chi connectivity index (χ1) is 6.38. The van der Waals surface area contributed by atoms with Gasteiger partial charge >= 0.3 is 0 Å². The van der Waals surface area contributed by atoms with Crippen molar-refractivity contribution in [1.82, 2.24) is 5.32 Å². The van der Waals surface area contributed by atoms with Gasteiger partial charge in [0.15, 0.2) is 0 Å². The van der Waals surface area contributed by atoms with Crippen molar-refractivity contribution in [3.05, 3.63) is 33.4 Å². The molecule has 2 nitrogen and oxygen atoms in total. The molecule has 14 heavy (non-hydrogen) atoms. The van der Waals surface area contributed by atoms with Crippen LogP contribution >= 0.6 is 22.6 Å². The smallest absolute Gasteiger partial charge is 0.251 e. The lowest BCUT2D eigenvalue weighted by Gasteiger charge is -2.20. The summed E-state index contributed by atoms with van der Waals surface area (Å²) >= 11 is 2.20. The molecule has 0 atom stereocenters. The van der Waals surface area contributed by atoms with E-state index < -0.39 is 0 Å². The molecule has 0 saturated carbocycles. The number of rotatable bonds is 1. The van der Waals surface area contributed by atoms with Crippen LogP contribution in [0.25, 0.3) is 0 Å². The zero-order chi connectivity index (χ0) is 10.8. The highest BCUT2D eigenvalue weighted by atomic mass is 127. The molecule has 0 fully saturated rings. The summed E-state index contributed by atoms with van der Waals surface area (Å²) in [4.78, 5) is 11.7. The summed E-state index contributed by atoms with van der Waals surface area (Å²) in [5.74, 6) is -0.0176. The van der Waals surface area contributed by atoms with Gasteiger partial charge in [0.25, 0.3) is 5.91 Å². The Hall–Kier alpha value is -0.580. The van der Waals surface area contributed by atoms with Crippen LogP contribution in [0, 0.1) is 3.57 Å². The maximum atomic E-state index is 11.7. The van der Waals surface area contributed by atoms with Gasteiger partial charge in [-0.1, -0.05) is 6.07 Å². The van der Waals surface area contributed by atoms with Gasteiger partial charge in [0, 0.05) is 14.7 Å². The van der Waals surface area contributed by atoms with E-state index in [2.05, 4.69) is 27.9 Å². The van der Waals surface area contributed by atoms with E-state index in [-0.39, 0.29) is 11.4 Å². The van der Waals surface area contributed by atoms with Gasteiger partial charge in [-0.25, -0.2) is 0 Å². The molecule has 1 aromatic carbocycles. The summed E-state index contributed by atoms with van der Waals surface area (Å²) in [7, 11) is 0. The van der Waals surface area contributed by atoms with Crippen molar-refractivity contribution in [1.29, 1.82) is 0 Å². The van der Waals surface area contributed by atoms with Crippen LogP contribution in [0.4, 0.5) is 0 Å². The molecule has 1 rings (SSSR count). The van der Waals surface area contributed by atoms with E-state index in [1.165, 1.54) is 0 Å². The second-order valence-corrected chi connectivity index (χ2v) is 5.46. The Bertz CT molecular complexity index is 341. The molecule has 0 spiro atoms. The minimum Gasteiger partial charge on any atom is -0.347 e. The number of hydrogen-bond acceptors (Lipinski definition) is 1. The molecule has 1 aromatic rings. The molecule has 0 radical (unpaired) electrons. The molecule has 1 amide bonds. The van der Waals surface area contributed by atoms with E-state index in [1.54, 1.807) is 0 Å². The molecule has 76 valence electrons. The molecule has 0 aliphatic rings. The Morgan fingerprint density at radius 2 is 2.00 bits per heavy atom. The van der Waals surface area contributed by atoms with Gasteiger partial charge < -0.3 is 5.32 Å². The summed E-state index contributed by atoms with van der Waals surface area (Å²) in [6, 6.07) is 7.55. The largest absolute Gasteiger partial charge is 0.347 e. The molecular formula is C11H14INO. The number of carbonyl (C=O) groups is 1. The Labute approximate surface area is 98.2 Å². The Kier molecular flexibility index (Phi) is 3.53. The molecular weight excluding hydrogens is 289 g/mol. The van der Waals surface area contributed by atoms with Crippen molar-refractivity contribution in [3.63, 3.8) is 0 Å². The van der Waals surface area contributed by atoms with Gasteiger partial charge in [0.05, 0.1) is 0 Å². The lowest BCUT2D eigenvalue weighted by molar-refractivity contribution is 0.0919. The molecule has 0 aliphatic heterocycles. The number of nitrogens with one attached hydrogen (secondary N) is 1. The number of halogens is 1. The van der Waals surface area contributed by atoms with Crippen LogP contribution in [0.5, 0.6) is 0 Å². The zero-order valence-electron chi connectivity index (χ0n) is 8.60. The SMILES string of the molecule is CC(C)(C)NC(=O)c1cccc(I)c1. The zero-order valence-corrected chi connectivity index (χ0v) is 10.8. The second kappa shape index (κ2) is 4.29. The van der Waals surface area contributed by atoms with E-state index in [0.29, 0.717) is 5.56 Å². The highest BCUT2D eigenvalue weighted by Gasteiger charge is 2.14. The molecule has 0 aromatic heterocycles. The topological polar surface area (TPSA) is 29.1 Å².